The molecule has 0 saturated heterocycles. The summed E-state index contributed by atoms with van der Waals surface area (Å²) < 4.78 is 30.3. The van der Waals surface area contributed by atoms with E-state index in [1.165, 1.54) is 0 Å². The van der Waals surface area contributed by atoms with E-state index in [2.05, 4.69) is 0 Å². The molecule has 1 fully saturated rings. The second-order valence-electron chi connectivity index (χ2n) is 3.79. The number of sulfonamides is 1. The van der Waals surface area contributed by atoms with Gasteiger partial charge in [0, 0.05) is 19.7 Å². The van der Waals surface area contributed by atoms with Crippen LogP contribution in [0, 0.1) is 0 Å². The number of rotatable bonds is 8. The molecule has 0 amide bonds. The molecule has 0 radical (unpaired) electrons. The first-order valence-corrected chi connectivity index (χ1v) is 6.91. The van der Waals surface area contributed by atoms with E-state index < -0.39 is 10.0 Å². The largest absolute Gasteiger partial charge is 0.383 e. The van der Waals surface area contributed by atoms with Crippen LogP contribution < -0.4 is 5.73 Å². The van der Waals surface area contributed by atoms with E-state index in [0.29, 0.717) is 26.1 Å². The second kappa shape index (κ2) is 5.79. The van der Waals surface area contributed by atoms with Crippen molar-refractivity contribution in [1.82, 2.24) is 4.31 Å². The van der Waals surface area contributed by atoms with Gasteiger partial charge < -0.3 is 10.5 Å². The monoisotopic (exact) mass is 236 g/mol. The number of nitrogens with two attached hydrogens (primary N) is 1. The summed E-state index contributed by atoms with van der Waals surface area (Å²) in [6.07, 6.45) is 2.48. The van der Waals surface area contributed by atoms with E-state index in [4.69, 9.17) is 10.5 Å². The van der Waals surface area contributed by atoms with Crippen LogP contribution in [0.4, 0.5) is 0 Å². The van der Waals surface area contributed by atoms with Gasteiger partial charge >= 0.3 is 0 Å². The van der Waals surface area contributed by atoms with Crippen LogP contribution in [0.2, 0.25) is 0 Å². The van der Waals surface area contributed by atoms with Crippen LogP contribution in [0.15, 0.2) is 0 Å². The highest BCUT2D eigenvalue weighted by atomic mass is 32.2. The molecule has 0 spiro atoms. The zero-order chi connectivity index (χ0) is 11.3. The van der Waals surface area contributed by atoms with Gasteiger partial charge in [0.1, 0.15) is 0 Å². The smallest absolute Gasteiger partial charge is 0.214 e. The first-order valence-electron chi connectivity index (χ1n) is 5.30. The summed E-state index contributed by atoms with van der Waals surface area (Å²) in [6, 6.07) is 0.211. The average Bonchev–Trinajstić information content (AvgIpc) is 2.99. The SMILES string of the molecule is COCCN(C1CC1)S(=O)(=O)CCCN. The Labute approximate surface area is 91.6 Å². The van der Waals surface area contributed by atoms with E-state index in [1.807, 2.05) is 0 Å². The minimum absolute atomic E-state index is 0.156. The molecule has 5 nitrogen and oxygen atoms in total. The molecule has 1 aliphatic carbocycles. The molecule has 0 atom stereocenters. The zero-order valence-corrected chi connectivity index (χ0v) is 10.0. The van der Waals surface area contributed by atoms with Gasteiger partial charge in [-0.05, 0) is 25.8 Å². The molecule has 0 unspecified atom stereocenters. The molecule has 15 heavy (non-hydrogen) atoms. The first-order chi connectivity index (χ1) is 7.11. The summed E-state index contributed by atoms with van der Waals surface area (Å²) >= 11 is 0. The van der Waals surface area contributed by atoms with Gasteiger partial charge in [-0.25, -0.2) is 8.42 Å². The Kier molecular flexibility index (Phi) is 4.98. The standard InChI is InChI=1S/C9H20N2O3S/c1-14-7-6-11(9-3-4-9)15(12,13)8-2-5-10/h9H,2-8,10H2,1H3. The lowest BCUT2D eigenvalue weighted by Gasteiger charge is -2.21. The Morgan fingerprint density at radius 2 is 2.13 bits per heavy atom. The van der Waals surface area contributed by atoms with Crippen LogP contribution in [-0.2, 0) is 14.8 Å². The number of ether oxygens (including phenoxy) is 1. The third kappa shape index (κ3) is 4.06. The van der Waals surface area contributed by atoms with Crippen LogP contribution in [0.1, 0.15) is 19.3 Å². The highest BCUT2D eigenvalue weighted by molar-refractivity contribution is 7.89. The Balaban J connectivity index is 2.52. The summed E-state index contributed by atoms with van der Waals surface area (Å²) in [6.45, 7) is 1.34. The molecule has 6 heteroatoms. The van der Waals surface area contributed by atoms with Gasteiger partial charge in [0.15, 0.2) is 0 Å². The molecule has 90 valence electrons. The molecule has 1 rings (SSSR count). The van der Waals surface area contributed by atoms with E-state index in [0.717, 1.165) is 12.8 Å². The van der Waals surface area contributed by atoms with Gasteiger partial charge in [-0.2, -0.15) is 4.31 Å². The third-order valence-corrected chi connectivity index (χ3v) is 4.43. The van der Waals surface area contributed by atoms with E-state index in [-0.39, 0.29) is 11.8 Å². The van der Waals surface area contributed by atoms with Crippen molar-refractivity contribution >= 4 is 10.0 Å². The molecule has 0 aromatic heterocycles. The molecule has 1 saturated carbocycles. The molecule has 2 N–H and O–H groups in total. The number of methoxy groups -OCH3 is 1. The van der Waals surface area contributed by atoms with Crippen LogP contribution in [0.25, 0.3) is 0 Å². The Morgan fingerprint density at radius 1 is 1.47 bits per heavy atom. The molecule has 1 aliphatic rings. The van der Waals surface area contributed by atoms with Crippen molar-refractivity contribution < 1.29 is 13.2 Å². The fraction of sp³-hybridized carbons (Fsp3) is 1.00. The Bertz CT molecular complexity index is 275. The Morgan fingerprint density at radius 3 is 2.60 bits per heavy atom. The zero-order valence-electron chi connectivity index (χ0n) is 9.18. The van der Waals surface area contributed by atoms with Gasteiger partial charge in [0.2, 0.25) is 10.0 Å². The molecule has 0 aromatic carbocycles. The number of hydrogen-bond acceptors (Lipinski definition) is 4. The van der Waals surface area contributed by atoms with Crippen molar-refractivity contribution in [3.05, 3.63) is 0 Å². The lowest BCUT2D eigenvalue weighted by Crippen LogP contribution is -2.37. The maximum Gasteiger partial charge on any atom is 0.214 e. The van der Waals surface area contributed by atoms with Crippen molar-refractivity contribution in [2.75, 3.05) is 32.6 Å². The summed E-state index contributed by atoms with van der Waals surface area (Å²) in [5, 5.41) is 0. The van der Waals surface area contributed by atoms with Crippen LogP contribution in [0.3, 0.4) is 0 Å². The predicted octanol–water partition coefficient (Wildman–Crippen LogP) is -0.224. The lowest BCUT2D eigenvalue weighted by molar-refractivity contribution is 0.177. The molecule has 0 aliphatic heterocycles. The molecular formula is C9H20N2O3S. The van der Waals surface area contributed by atoms with Crippen molar-refractivity contribution in [2.24, 2.45) is 5.73 Å². The third-order valence-electron chi connectivity index (χ3n) is 2.43. The topological polar surface area (TPSA) is 72.6 Å². The summed E-state index contributed by atoms with van der Waals surface area (Å²) in [5.74, 6) is 0.156. The molecular weight excluding hydrogens is 216 g/mol. The highest BCUT2D eigenvalue weighted by Crippen LogP contribution is 2.29. The molecule has 0 heterocycles. The van der Waals surface area contributed by atoms with Gasteiger partial charge in [0.25, 0.3) is 0 Å². The quantitative estimate of drug-likeness (QED) is 0.632. The first kappa shape index (κ1) is 12.9. The minimum Gasteiger partial charge on any atom is -0.383 e. The number of nitrogens with zero attached hydrogens (tertiary/aromatic N) is 1. The van der Waals surface area contributed by atoms with Crippen molar-refractivity contribution in [2.45, 2.75) is 25.3 Å². The van der Waals surface area contributed by atoms with Gasteiger partial charge in [0.05, 0.1) is 12.4 Å². The normalized spacial score (nSPS) is 17.3. The summed E-state index contributed by atoms with van der Waals surface area (Å²) in [7, 11) is -1.54. The average molecular weight is 236 g/mol. The van der Waals surface area contributed by atoms with Crippen molar-refractivity contribution in [3.8, 4) is 0 Å². The van der Waals surface area contributed by atoms with Crippen LogP contribution in [0.5, 0.6) is 0 Å². The van der Waals surface area contributed by atoms with Gasteiger partial charge in [-0.15, -0.1) is 0 Å². The minimum atomic E-state index is -3.12. The summed E-state index contributed by atoms with van der Waals surface area (Å²) in [4.78, 5) is 0. The van der Waals surface area contributed by atoms with Crippen LogP contribution >= 0.6 is 0 Å². The Hall–Kier alpha value is -0.170. The van der Waals surface area contributed by atoms with E-state index >= 15 is 0 Å². The fourth-order valence-electron chi connectivity index (χ4n) is 1.48. The molecule has 0 aromatic rings. The number of hydrogen-bond donors (Lipinski definition) is 1. The highest BCUT2D eigenvalue weighted by Gasteiger charge is 2.36. The van der Waals surface area contributed by atoms with Gasteiger partial charge in [-0.3, -0.25) is 0 Å². The van der Waals surface area contributed by atoms with Crippen LogP contribution in [-0.4, -0.2) is 51.3 Å². The molecule has 0 bridgehead atoms. The van der Waals surface area contributed by atoms with E-state index in [9.17, 15) is 8.42 Å². The predicted molar refractivity (Wildman–Crippen MR) is 59.1 cm³/mol. The maximum absolute atomic E-state index is 11.9. The fourth-order valence-corrected chi connectivity index (χ4v) is 3.26. The van der Waals surface area contributed by atoms with E-state index in [1.54, 1.807) is 11.4 Å². The van der Waals surface area contributed by atoms with Crippen molar-refractivity contribution in [3.63, 3.8) is 0 Å². The second-order valence-corrected chi connectivity index (χ2v) is 5.83. The maximum atomic E-state index is 11.9. The summed E-state index contributed by atoms with van der Waals surface area (Å²) in [5.41, 5.74) is 5.32. The van der Waals surface area contributed by atoms with Gasteiger partial charge in [-0.1, -0.05) is 0 Å². The lowest BCUT2D eigenvalue weighted by atomic mass is 10.5. The van der Waals surface area contributed by atoms with Crippen molar-refractivity contribution in [1.29, 1.82) is 0 Å².